The lowest BCUT2D eigenvalue weighted by Crippen LogP contribution is -2.34. The second kappa shape index (κ2) is 6.26. The summed E-state index contributed by atoms with van der Waals surface area (Å²) in [5.41, 5.74) is 2.21. The number of ether oxygens (including phenoxy) is 1. The summed E-state index contributed by atoms with van der Waals surface area (Å²) < 4.78 is 7.23. The number of aromatic nitrogens is 1. The van der Waals surface area contributed by atoms with Gasteiger partial charge in [0.25, 0.3) is 0 Å². The van der Waals surface area contributed by atoms with E-state index in [-0.39, 0.29) is 5.91 Å². The van der Waals surface area contributed by atoms with E-state index in [0.717, 1.165) is 24.2 Å². The van der Waals surface area contributed by atoms with Crippen LogP contribution in [0, 0.1) is 0 Å². The molecule has 0 radical (unpaired) electrons. The number of aryl methyl sites for hydroxylation is 1. The van der Waals surface area contributed by atoms with Crippen LogP contribution >= 0.6 is 0 Å². The van der Waals surface area contributed by atoms with E-state index in [1.165, 1.54) is 5.69 Å². The number of methoxy groups -OCH3 is 1. The molecule has 2 aromatic rings. The van der Waals surface area contributed by atoms with Crippen LogP contribution in [0.4, 0.5) is 0 Å². The molecule has 0 saturated heterocycles. The molecule has 22 heavy (non-hydrogen) atoms. The van der Waals surface area contributed by atoms with Crippen molar-refractivity contribution in [2.75, 3.05) is 7.11 Å². The number of hydrogen-bond donors (Lipinski definition) is 0. The van der Waals surface area contributed by atoms with E-state index >= 15 is 0 Å². The Balaban J connectivity index is 1.68. The van der Waals surface area contributed by atoms with Gasteiger partial charge in [0, 0.05) is 25.0 Å². The van der Waals surface area contributed by atoms with Crippen molar-refractivity contribution in [3.8, 4) is 5.75 Å². The van der Waals surface area contributed by atoms with Crippen LogP contribution in [0.3, 0.4) is 0 Å². The van der Waals surface area contributed by atoms with Gasteiger partial charge in [-0.05, 0) is 42.7 Å². The van der Waals surface area contributed by atoms with Crippen LogP contribution in [0.5, 0.6) is 5.75 Å². The number of hydrogen-bond acceptors (Lipinski definition) is 2. The fourth-order valence-corrected chi connectivity index (χ4v) is 2.66. The molecular formula is C18H22N2O2. The standard InChI is InChI=1S/C18H22N2O2/c1-19-11-3-4-16(19)13-20(15-7-8-15)18(21)12-14-5-9-17(22-2)10-6-14/h3-6,9-11,15H,7-8,12-13H2,1-2H3. The zero-order valence-corrected chi connectivity index (χ0v) is 13.2. The maximum atomic E-state index is 12.7. The highest BCUT2D eigenvalue weighted by Crippen LogP contribution is 2.29. The molecule has 0 N–H and O–H groups in total. The minimum atomic E-state index is 0.203. The van der Waals surface area contributed by atoms with E-state index in [0.29, 0.717) is 19.0 Å². The van der Waals surface area contributed by atoms with E-state index in [4.69, 9.17) is 4.74 Å². The molecule has 1 aromatic carbocycles. The molecule has 1 heterocycles. The maximum absolute atomic E-state index is 12.7. The molecule has 1 aromatic heterocycles. The molecule has 1 amide bonds. The Morgan fingerprint density at radius 3 is 2.55 bits per heavy atom. The first-order valence-corrected chi connectivity index (χ1v) is 7.70. The van der Waals surface area contributed by atoms with Crippen molar-refractivity contribution in [1.29, 1.82) is 0 Å². The van der Waals surface area contributed by atoms with Crippen LogP contribution < -0.4 is 4.74 Å². The van der Waals surface area contributed by atoms with E-state index in [1.54, 1.807) is 7.11 Å². The SMILES string of the molecule is COc1ccc(CC(=O)N(Cc2cccn2C)C2CC2)cc1. The summed E-state index contributed by atoms with van der Waals surface area (Å²) in [5.74, 6) is 1.02. The molecule has 0 bridgehead atoms. The molecule has 1 saturated carbocycles. The Kier molecular flexibility index (Phi) is 4.18. The van der Waals surface area contributed by atoms with Gasteiger partial charge in [0.1, 0.15) is 5.75 Å². The van der Waals surface area contributed by atoms with E-state index < -0.39 is 0 Å². The van der Waals surface area contributed by atoms with Crippen LogP contribution in [-0.2, 0) is 24.8 Å². The third-order valence-corrected chi connectivity index (χ3v) is 4.21. The van der Waals surface area contributed by atoms with Crippen molar-refractivity contribution >= 4 is 5.91 Å². The quantitative estimate of drug-likeness (QED) is 0.822. The van der Waals surface area contributed by atoms with Crippen LogP contribution in [0.2, 0.25) is 0 Å². The lowest BCUT2D eigenvalue weighted by atomic mass is 10.1. The first-order chi connectivity index (χ1) is 10.7. The van der Waals surface area contributed by atoms with Gasteiger partial charge < -0.3 is 14.2 Å². The van der Waals surface area contributed by atoms with Gasteiger partial charge in [-0.25, -0.2) is 0 Å². The Bertz CT molecular complexity index is 641. The maximum Gasteiger partial charge on any atom is 0.227 e. The summed E-state index contributed by atoms with van der Waals surface area (Å²) >= 11 is 0. The Hall–Kier alpha value is -2.23. The molecule has 3 rings (SSSR count). The average molecular weight is 298 g/mol. The molecule has 1 aliphatic rings. The number of carbonyl (C=O) groups excluding carboxylic acids is 1. The second-order valence-corrected chi connectivity index (χ2v) is 5.89. The van der Waals surface area contributed by atoms with Crippen molar-refractivity contribution in [3.05, 3.63) is 53.9 Å². The van der Waals surface area contributed by atoms with Crippen molar-refractivity contribution in [2.24, 2.45) is 7.05 Å². The summed E-state index contributed by atoms with van der Waals surface area (Å²) in [6.07, 6.45) is 4.72. The molecule has 1 fully saturated rings. The van der Waals surface area contributed by atoms with Crippen molar-refractivity contribution < 1.29 is 9.53 Å². The minimum absolute atomic E-state index is 0.203. The normalized spacial score (nSPS) is 13.9. The van der Waals surface area contributed by atoms with Gasteiger partial charge in [-0.2, -0.15) is 0 Å². The predicted octanol–water partition coefficient (Wildman–Crippen LogP) is 2.77. The summed E-state index contributed by atoms with van der Waals surface area (Å²) in [7, 11) is 3.67. The largest absolute Gasteiger partial charge is 0.497 e. The van der Waals surface area contributed by atoms with Gasteiger partial charge in [-0.1, -0.05) is 12.1 Å². The Labute approximate surface area is 131 Å². The van der Waals surface area contributed by atoms with Crippen molar-refractivity contribution in [1.82, 2.24) is 9.47 Å². The van der Waals surface area contributed by atoms with E-state index in [2.05, 4.69) is 10.6 Å². The van der Waals surface area contributed by atoms with Gasteiger partial charge in [0.05, 0.1) is 20.1 Å². The zero-order chi connectivity index (χ0) is 15.5. The molecule has 0 unspecified atom stereocenters. The number of rotatable bonds is 6. The first kappa shape index (κ1) is 14.7. The lowest BCUT2D eigenvalue weighted by molar-refractivity contribution is -0.131. The van der Waals surface area contributed by atoms with Crippen LogP contribution in [0.15, 0.2) is 42.6 Å². The summed E-state index contributed by atoms with van der Waals surface area (Å²) in [4.78, 5) is 14.7. The second-order valence-electron chi connectivity index (χ2n) is 5.89. The topological polar surface area (TPSA) is 34.5 Å². The molecular weight excluding hydrogens is 276 g/mol. The van der Waals surface area contributed by atoms with Gasteiger partial charge in [-0.3, -0.25) is 4.79 Å². The molecule has 0 aliphatic heterocycles. The number of benzene rings is 1. The van der Waals surface area contributed by atoms with Crippen LogP contribution in [-0.4, -0.2) is 28.5 Å². The van der Waals surface area contributed by atoms with Crippen LogP contribution in [0.25, 0.3) is 0 Å². The number of nitrogens with zero attached hydrogens (tertiary/aromatic N) is 2. The Morgan fingerprint density at radius 1 is 1.27 bits per heavy atom. The lowest BCUT2D eigenvalue weighted by Gasteiger charge is -2.23. The minimum Gasteiger partial charge on any atom is -0.497 e. The molecule has 4 nitrogen and oxygen atoms in total. The average Bonchev–Trinajstić information content (AvgIpc) is 3.28. The Morgan fingerprint density at radius 2 is 2.00 bits per heavy atom. The third kappa shape index (κ3) is 3.32. The van der Waals surface area contributed by atoms with Crippen molar-refractivity contribution in [3.63, 3.8) is 0 Å². The number of carbonyl (C=O) groups is 1. The van der Waals surface area contributed by atoms with Crippen molar-refractivity contribution in [2.45, 2.75) is 31.8 Å². The molecule has 4 heteroatoms. The smallest absolute Gasteiger partial charge is 0.227 e. The highest BCUT2D eigenvalue weighted by atomic mass is 16.5. The van der Waals surface area contributed by atoms with Gasteiger partial charge in [0.2, 0.25) is 5.91 Å². The van der Waals surface area contributed by atoms with E-state index in [9.17, 15) is 4.79 Å². The third-order valence-electron chi connectivity index (χ3n) is 4.21. The van der Waals surface area contributed by atoms with Gasteiger partial charge in [0.15, 0.2) is 0 Å². The summed E-state index contributed by atoms with van der Waals surface area (Å²) in [6.45, 7) is 0.698. The monoisotopic (exact) mass is 298 g/mol. The highest BCUT2D eigenvalue weighted by Gasteiger charge is 2.32. The fourth-order valence-electron chi connectivity index (χ4n) is 2.66. The van der Waals surface area contributed by atoms with E-state index in [1.807, 2.05) is 48.5 Å². The molecule has 0 atom stereocenters. The highest BCUT2D eigenvalue weighted by molar-refractivity contribution is 5.79. The van der Waals surface area contributed by atoms with Gasteiger partial charge in [-0.15, -0.1) is 0 Å². The molecule has 1 aliphatic carbocycles. The first-order valence-electron chi connectivity index (χ1n) is 7.70. The number of amides is 1. The molecule has 116 valence electrons. The predicted molar refractivity (Wildman–Crippen MR) is 85.7 cm³/mol. The summed E-state index contributed by atoms with van der Waals surface area (Å²) in [5, 5.41) is 0. The summed E-state index contributed by atoms with van der Waals surface area (Å²) in [6, 6.07) is 12.3. The zero-order valence-electron chi connectivity index (χ0n) is 13.2. The van der Waals surface area contributed by atoms with Crippen LogP contribution in [0.1, 0.15) is 24.1 Å². The van der Waals surface area contributed by atoms with Gasteiger partial charge >= 0.3 is 0 Å². The fraction of sp³-hybridized carbons (Fsp3) is 0.389. The molecule has 0 spiro atoms.